The van der Waals surface area contributed by atoms with Gasteiger partial charge in [-0.3, -0.25) is 9.97 Å². The minimum absolute atomic E-state index is 0.483. The molecule has 2 atom stereocenters. The number of hydrogen-bond donors (Lipinski definition) is 1. The van der Waals surface area contributed by atoms with Crippen molar-refractivity contribution in [1.82, 2.24) is 15.3 Å². The molecule has 1 aliphatic heterocycles. The monoisotopic (exact) mass is 281 g/mol. The van der Waals surface area contributed by atoms with E-state index in [1.165, 1.54) is 6.42 Å². The van der Waals surface area contributed by atoms with Crippen molar-refractivity contribution in [3.8, 4) is 6.07 Å². The number of piperidine rings is 1. The highest BCUT2D eigenvalue weighted by atomic mass is 15.2. The second-order valence-electron chi connectivity index (χ2n) is 5.73. The molecule has 108 valence electrons. The molecule has 2 heterocycles. The van der Waals surface area contributed by atoms with Crippen molar-refractivity contribution in [3.63, 3.8) is 0 Å². The lowest BCUT2D eigenvalue weighted by atomic mass is 9.95. The van der Waals surface area contributed by atoms with Crippen LogP contribution < -0.4 is 10.2 Å². The Hall–Kier alpha value is -2.19. The first kappa shape index (κ1) is 13.8. The number of benzene rings is 1. The maximum absolute atomic E-state index is 9.22. The van der Waals surface area contributed by atoms with Crippen LogP contribution in [0.3, 0.4) is 0 Å². The third-order valence-electron chi connectivity index (χ3n) is 4.13. The van der Waals surface area contributed by atoms with Crippen LogP contribution >= 0.6 is 0 Å². The molecule has 21 heavy (non-hydrogen) atoms. The summed E-state index contributed by atoms with van der Waals surface area (Å²) in [6.07, 6.45) is 4.52. The topological polar surface area (TPSA) is 64.8 Å². The Morgan fingerprint density at radius 3 is 2.71 bits per heavy atom. The van der Waals surface area contributed by atoms with Crippen LogP contribution in [-0.2, 0) is 0 Å². The van der Waals surface area contributed by atoms with Crippen molar-refractivity contribution in [2.24, 2.45) is 5.92 Å². The Morgan fingerprint density at radius 1 is 1.24 bits per heavy atom. The third-order valence-corrected chi connectivity index (χ3v) is 4.13. The summed E-state index contributed by atoms with van der Waals surface area (Å²) in [5.74, 6) is 0.624. The lowest BCUT2D eigenvalue weighted by Crippen LogP contribution is -2.47. The van der Waals surface area contributed by atoms with Gasteiger partial charge in [0.05, 0.1) is 11.3 Å². The zero-order valence-electron chi connectivity index (χ0n) is 12.4. The lowest BCUT2D eigenvalue weighted by Gasteiger charge is -2.38. The number of anilines is 1. The average Bonchev–Trinajstić information content (AvgIpc) is 2.53. The quantitative estimate of drug-likeness (QED) is 0.911. The number of fused-ring (bicyclic) bond motifs is 1. The molecular formula is C16H19N5. The largest absolute Gasteiger partial charge is 0.368 e. The van der Waals surface area contributed by atoms with E-state index in [0.29, 0.717) is 23.0 Å². The van der Waals surface area contributed by atoms with Gasteiger partial charge in [0, 0.05) is 31.5 Å². The van der Waals surface area contributed by atoms with Crippen molar-refractivity contribution in [1.29, 1.82) is 5.26 Å². The van der Waals surface area contributed by atoms with E-state index in [-0.39, 0.29) is 0 Å². The molecule has 1 fully saturated rings. The minimum Gasteiger partial charge on any atom is -0.368 e. The van der Waals surface area contributed by atoms with Gasteiger partial charge in [0.1, 0.15) is 17.1 Å². The summed E-state index contributed by atoms with van der Waals surface area (Å²) in [6, 6.07) is 6.53. The Bertz CT molecular complexity index is 691. The van der Waals surface area contributed by atoms with Crippen molar-refractivity contribution >= 4 is 16.7 Å². The fourth-order valence-corrected chi connectivity index (χ4v) is 3.15. The second-order valence-corrected chi connectivity index (χ2v) is 5.73. The van der Waals surface area contributed by atoms with Gasteiger partial charge >= 0.3 is 0 Å². The molecule has 0 aliphatic carbocycles. The van der Waals surface area contributed by atoms with Crippen molar-refractivity contribution in [2.45, 2.75) is 19.4 Å². The van der Waals surface area contributed by atoms with Crippen molar-refractivity contribution in [3.05, 3.63) is 30.1 Å². The highest BCUT2D eigenvalue weighted by Gasteiger charge is 2.25. The molecule has 1 aliphatic rings. The number of rotatable bonds is 2. The van der Waals surface area contributed by atoms with Gasteiger partial charge in [-0.2, -0.15) is 5.26 Å². The van der Waals surface area contributed by atoms with E-state index in [1.54, 1.807) is 12.4 Å². The second kappa shape index (κ2) is 5.66. The summed E-state index contributed by atoms with van der Waals surface area (Å²) in [6.45, 7) is 4.24. The molecule has 0 spiro atoms. The molecule has 1 saturated heterocycles. The smallest absolute Gasteiger partial charge is 0.113 e. The number of hydrogen-bond acceptors (Lipinski definition) is 5. The Morgan fingerprint density at radius 2 is 2.00 bits per heavy atom. The normalized spacial score (nSPS) is 22.2. The number of nitrogens with zero attached hydrogens (tertiary/aromatic N) is 4. The molecule has 5 nitrogen and oxygen atoms in total. The molecule has 3 rings (SSSR count). The van der Waals surface area contributed by atoms with Gasteiger partial charge < -0.3 is 10.2 Å². The molecule has 0 bridgehead atoms. The van der Waals surface area contributed by atoms with Crippen LogP contribution in [0.5, 0.6) is 0 Å². The molecule has 1 N–H and O–H groups in total. The highest BCUT2D eigenvalue weighted by molar-refractivity contribution is 5.92. The van der Waals surface area contributed by atoms with Crippen LogP contribution in [0.2, 0.25) is 0 Å². The van der Waals surface area contributed by atoms with Gasteiger partial charge in [0.15, 0.2) is 0 Å². The molecule has 5 heteroatoms. The van der Waals surface area contributed by atoms with Crippen LogP contribution in [0.4, 0.5) is 5.69 Å². The molecule has 0 saturated carbocycles. The van der Waals surface area contributed by atoms with E-state index in [9.17, 15) is 5.26 Å². The van der Waals surface area contributed by atoms with Crippen LogP contribution in [0.1, 0.15) is 18.9 Å². The van der Waals surface area contributed by atoms with Crippen LogP contribution in [0.15, 0.2) is 24.5 Å². The zero-order valence-corrected chi connectivity index (χ0v) is 12.4. The van der Waals surface area contributed by atoms with E-state index in [4.69, 9.17) is 0 Å². The maximum Gasteiger partial charge on any atom is 0.113 e. The van der Waals surface area contributed by atoms with E-state index in [1.807, 2.05) is 19.2 Å². The molecule has 0 radical (unpaired) electrons. The number of nitrogens with one attached hydrogen (secondary N) is 1. The molecular weight excluding hydrogens is 262 g/mol. The molecule has 0 unspecified atom stereocenters. The summed E-state index contributed by atoms with van der Waals surface area (Å²) < 4.78 is 0. The predicted molar refractivity (Wildman–Crippen MR) is 83.1 cm³/mol. The summed E-state index contributed by atoms with van der Waals surface area (Å²) in [4.78, 5) is 11.2. The Kier molecular flexibility index (Phi) is 3.72. The molecule has 0 amide bonds. The molecule has 1 aromatic heterocycles. The number of aromatic nitrogens is 2. The van der Waals surface area contributed by atoms with Gasteiger partial charge in [-0.25, -0.2) is 0 Å². The number of likely N-dealkylation sites (N-methyl/N-ethyl adjacent to an activating group) is 1. The first-order valence-corrected chi connectivity index (χ1v) is 7.29. The Labute approximate surface area is 124 Å². The maximum atomic E-state index is 9.22. The van der Waals surface area contributed by atoms with E-state index in [0.717, 1.165) is 24.3 Å². The van der Waals surface area contributed by atoms with Gasteiger partial charge in [0.25, 0.3) is 0 Å². The minimum atomic E-state index is 0.483. The van der Waals surface area contributed by atoms with Gasteiger partial charge in [-0.05, 0) is 31.5 Å². The zero-order chi connectivity index (χ0) is 14.8. The molecule has 1 aromatic carbocycles. The Balaban J connectivity index is 2.07. The molecule has 2 aromatic rings. The first-order chi connectivity index (χ1) is 10.2. The average molecular weight is 281 g/mol. The van der Waals surface area contributed by atoms with Crippen LogP contribution in [-0.4, -0.2) is 36.1 Å². The van der Waals surface area contributed by atoms with Crippen LogP contribution in [0.25, 0.3) is 11.0 Å². The number of nitriles is 1. The fourth-order valence-electron chi connectivity index (χ4n) is 3.15. The predicted octanol–water partition coefficient (Wildman–Crippen LogP) is 1.94. The van der Waals surface area contributed by atoms with Crippen molar-refractivity contribution < 1.29 is 0 Å². The SMILES string of the molecule is CN[C@@H]1C[C@H](C)CN(c2ccc(C#N)c3nccnc23)C1. The fraction of sp³-hybridized carbons (Fsp3) is 0.438. The highest BCUT2D eigenvalue weighted by Crippen LogP contribution is 2.29. The summed E-state index contributed by atoms with van der Waals surface area (Å²) in [5.41, 5.74) is 3.17. The first-order valence-electron chi connectivity index (χ1n) is 7.29. The van der Waals surface area contributed by atoms with E-state index < -0.39 is 0 Å². The lowest BCUT2D eigenvalue weighted by molar-refractivity contribution is 0.367. The van der Waals surface area contributed by atoms with Crippen LogP contribution in [0, 0.1) is 17.2 Å². The third kappa shape index (κ3) is 2.55. The summed E-state index contributed by atoms with van der Waals surface area (Å²) in [7, 11) is 2.01. The summed E-state index contributed by atoms with van der Waals surface area (Å²) in [5, 5.41) is 12.6. The van der Waals surface area contributed by atoms with Gasteiger partial charge in [0.2, 0.25) is 0 Å². The van der Waals surface area contributed by atoms with E-state index >= 15 is 0 Å². The van der Waals surface area contributed by atoms with Gasteiger partial charge in [-0.1, -0.05) is 6.92 Å². The summed E-state index contributed by atoms with van der Waals surface area (Å²) >= 11 is 0. The van der Waals surface area contributed by atoms with E-state index in [2.05, 4.69) is 33.2 Å². The van der Waals surface area contributed by atoms with Gasteiger partial charge in [-0.15, -0.1) is 0 Å². The van der Waals surface area contributed by atoms with Crippen molar-refractivity contribution in [2.75, 3.05) is 25.0 Å². The standard InChI is InChI=1S/C16H19N5/c1-11-7-13(18-2)10-21(9-11)14-4-3-12(8-17)15-16(14)20-6-5-19-15/h3-6,11,13,18H,7,9-10H2,1-2H3/t11-,13+/m0/s1.